The molecule has 0 amide bonds. The number of ether oxygens (including phenoxy) is 2. The quantitative estimate of drug-likeness (QED) is 0.595. The van der Waals surface area contributed by atoms with Gasteiger partial charge in [-0.1, -0.05) is 40.2 Å². The Labute approximate surface area is 132 Å². The number of para-hydroxylation sites is 1. The number of hydrogen-bond acceptors (Lipinski definition) is 3. The second kappa shape index (κ2) is 7.09. The Bertz CT molecular complexity index is 677. The molecule has 0 fully saturated rings. The molecule has 0 atom stereocenters. The van der Waals surface area contributed by atoms with Crippen molar-refractivity contribution in [2.24, 2.45) is 0 Å². The molecule has 0 aliphatic heterocycles. The second-order valence-corrected chi connectivity index (χ2v) is 5.11. The highest BCUT2D eigenvalue weighted by molar-refractivity contribution is 9.10. The van der Waals surface area contributed by atoms with E-state index in [1.54, 1.807) is 26.4 Å². The van der Waals surface area contributed by atoms with E-state index in [1.807, 2.05) is 36.4 Å². The first-order chi connectivity index (χ1) is 10.2. The second-order valence-electron chi connectivity index (χ2n) is 4.26. The van der Waals surface area contributed by atoms with Gasteiger partial charge in [-0.05, 0) is 30.4 Å². The number of methoxy groups -OCH3 is 2. The first kappa shape index (κ1) is 15.3. The number of hydrogen-bond donors (Lipinski definition) is 0. The molecule has 0 heterocycles. The lowest BCUT2D eigenvalue weighted by Crippen LogP contribution is -1.96. The van der Waals surface area contributed by atoms with Crippen LogP contribution in [-0.4, -0.2) is 20.0 Å². The summed E-state index contributed by atoms with van der Waals surface area (Å²) in [6, 6.07) is 12.8. The third kappa shape index (κ3) is 3.52. The zero-order valence-corrected chi connectivity index (χ0v) is 13.4. The van der Waals surface area contributed by atoms with E-state index in [0.29, 0.717) is 17.1 Å². The maximum Gasteiger partial charge on any atom is 0.186 e. The molecule has 0 aliphatic rings. The average Bonchev–Trinajstić information content (AvgIpc) is 2.52. The van der Waals surface area contributed by atoms with Crippen LogP contribution >= 0.6 is 15.9 Å². The molecule has 0 aliphatic carbocycles. The van der Waals surface area contributed by atoms with E-state index in [-0.39, 0.29) is 5.78 Å². The molecule has 0 N–H and O–H groups in total. The van der Waals surface area contributed by atoms with Gasteiger partial charge in [0.15, 0.2) is 17.3 Å². The minimum Gasteiger partial charge on any atom is -0.493 e. The van der Waals surface area contributed by atoms with Crippen LogP contribution in [0.15, 0.2) is 53.0 Å². The molecular formula is C17H15BrO3. The summed E-state index contributed by atoms with van der Waals surface area (Å²) < 4.78 is 11.3. The fourth-order valence-electron chi connectivity index (χ4n) is 1.96. The highest BCUT2D eigenvalue weighted by atomic mass is 79.9. The standard InChI is InChI=1S/C17H15BrO3/c1-20-16-9-5-6-12(17(16)21-2)10-11-15(19)13-7-3-4-8-14(13)18/h3-11H,1-2H3/b11-10+. The minimum atomic E-state index is -0.0765. The summed E-state index contributed by atoms with van der Waals surface area (Å²) in [5.74, 6) is 1.16. The Kier molecular flexibility index (Phi) is 5.17. The largest absolute Gasteiger partial charge is 0.493 e. The third-order valence-corrected chi connectivity index (χ3v) is 3.68. The van der Waals surface area contributed by atoms with E-state index in [2.05, 4.69) is 15.9 Å². The van der Waals surface area contributed by atoms with Crippen LogP contribution in [0.1, 0.15) is 15.9 Å². The minimum absolute atomic E-state index is 0.0765. The van der Waals surface area contributed by atoms with Gasteiger partial charge in [-0.25, -0.2) is 0 Å². The van der Waals surface area contributed by atoms with E-state index in [0.717, 1.165) is 10.0 Å². The van der Waals surface area contributed by atoms with Gasteiger partial charge in [0.1, 0.15) is 0 Å². The molecule has 0 aromatic heterocycles. The molecule has 0 bridgehead atoms. The lowest BCUT2D eigenvalue weighted by atomic mass is 10.1. The lowest BCUT2D eigenvalue weighted by molar-refractivity contribution is 0.104. The maximum absolute atomic E-state index is 12.2. The monoisotopic (exact) mass is 346 g/mol. The third-order valence-electron chi connectivity index (χ3n) is 2.99. The smallest absolute Gasteiger partial charge is 0.186 e. The SMILES string of the molecule is COc1cccc(/C=C/C(=O)c2ccccc2Br)c1OC. The van der Waals surface area contributed by atoms with Crippen LogP contribution in [0.4, 0.5) is 0 Å². The Balaban J connectivity index is 2.30. The fourth-order valence-corrected chi connectivity index (χ4v) is 2.44. The highest BCUT2D eigenvalue weighted by Gasteiger charge is 2.09. The van der Waals surface area contributed by atoms with Crippen LogP contribution in [0.5, 0.6) is 11.5 Å². The van der Waals surface area contributed by atoms with Crippen molar-refractivity contribution in [3.8, 4) is 11.5 Å². The number of carbonyl (C=O) groups excluding carboxylic acids is 1. The lowest BCUT2D eigenvalue weighted by Gasteiger charge is -2.09. The molecule has 21 heavy (non-hydrogen) atoms. The molecule has 0 saturated carbocycles. The van der Waals surface area contributed by atoms with Crippen molar-refractivity contribution in [1.82, 2.24) is 0 Å². The number of rotatable bonds is 5. The van der Waals surface area contributed by atoms with E-state index in [9.17, 15) is 4.79 Å². The van der Waals surface area contributed by atoms with Crippen molar-refractivity contribution < 1.29 is 14.3 Å². The van der Waals surface area contributed by atoms with Gasteiger partial charge < -0.3 is 9.47 Å². The van der Waals surface area contributed by atoms with Gasteiger partial charge in [0.25, 0.3) is 0 Å². The van der Waals surface area contributed by atoms with E-state index >= 15 is 0 Å². The molecule has 0 radical (unpaired) electrons. The number of benzene rings is 2. The van der Waals surface area contributed by atoms with Crippen molar-refractivity contribution in [2.45, 2.75) is 0 Å². The summed E-state index contributed by atoms with van der Waals surface area (Å²) in [6.45, 7) is 0. The van der Waals surface area contributed by atoms with Crippen LogP contribution in [0.25, 0.3) is 6.08 Å². The summed E-state index contributed by atoms with van der Waals surface area (Å²) in [4.78, 5) is 12.2. The molecule has 2 aromatic carbocycles. The Hall–Kier alpha value is -2.07. The van der Waals surface area contributed by atoms with Crippen molar-refractivity contribution in [1.29, 1.82) is 0 Å². The summed E-state index contributed by atoms with van der Waals surface area (Å²) in [5, 5.41) is 0. The molecule has 2 rings (SSSR count). The van der Waals surface area contributed by atoms with Crippen LogP contribution < -0.4 is 9.47 Å². The summed E-state index contributed by atoms with van der Waals surface area (Å²) >= 11 is 3.37. The van der Waals surface area contributed by atoms with E-state index in [4.69, 9.17) is 9.47 Å². The molecular weight excluding hydrogens is 332 g/mol. The molecule has 2 aromatic rings. The first-order valence-corrected chi connectivity index (χ1v) is 7.14. The van der Waals surface area contributed by atoms with Crippen molar-refractivity contribution >= 4 is 27.8 Å². The van der Waals surface area contributed by atoms with E-state index < -0.39 is 0 Å². The average molecular weight is 347 g/mol. The van der Waals surface area contributed by atoms with Crippen molar-refractivity contribution in [3.63, 3.8) is 0 Å². The Morgan fingerprint density at radius 3 is 2.48 bits per heavy atom. The number of ketones is 1. The summed E-state index contributed by atoms with van der Waals surface area (Å²) in [6.07, 6.45) is 3.25. The maximum atomic E-state index is 12.2. The van der Waals surface area contributed by atoms with Crippen LogP contribution in [0, 0.1) is 0 Å². The predicted octanol–water partition coefficient (Wildman–Crippen LogP) is 4.36. The summed E-state index contributed by atoms with van der Waals surface area (Å²) in [5.41, 5.74) is 1.41. The van der Waals surface area contributed by atoms with Crippen LogP contribution in [0.3, 0.4) is 0 Å². The number of halogens is 1. The van der Waals surface area contributed by atoms with Gasteiger partial charge in [-0.2, -0.15) is 0 Å². The first-order valence-electron chi connectivity index (χ1n) is 6.35. The zero-order valence-electron chi connectivity index (χ0n) is 11.8. The van der Waals surface area contributed by atoms with Crippen molar-refractivity contribution in [3.05, 3.63) is 64.1 Å². The van der Waals surface area contributed by atoms with Gasteiger partial charge in [-0.15, -0.1) is 0 Å². The molecule has 0 spiro atoms. The molecule has 3 nitrogen and oxygen atoms in total. The normalized spacial score (nSPS) is 10.6. The zero-order chi connectivity index (χ0) is 15.2. The predicted molar refractivity (Wildman–Crippen MR) is 87.1 cm³/mol. The summed E-state index contributed by atoms with van der Waals surface area (Å²) in [7, 11) is 3.16. The molecule has 0 saturated heterocycles. The Morgan fingerprint density at radius 2 is 1.81 bits per heavy atom. The molecule has 4 heteroatoms. The van der Waals surface area contributed by atoms with Crippen LogP contribution in [-0.2, 0) is 0 Å². The van der Waals surface area contributed by atoms with E-state index in [1.165, 1.54) is 6.08 Å². The van der Waals surface area contributed by atoms with Gasteiger partial charge in [0, 0.05) is 15.6 Å². The van der Waals surface area contributed by atoms with Crippen LogP contribution in [0.2, 0.25) is 0 Å². The Morgan fingerprint density at radius 1 is 1.05 bits per heavy atom. The van der Waals surface area contributed by atoms with Crippen molar-refractivity contribution in [2.75, 3.05) is 14.2 Å². The molecule has 0 unspecified atom stereocenters. The van der Waals surface area contributed by atoms with Gasteiger partial charge in [0.2, 0.25) is 0 Å². The van der Waals surface area contributed by atoms with Gasteiger partial charge in [-0.3, -0.25) is 4.79 Å². The molecule has 108 valence electrons. The van der Waals surface area contributed by atoms with Gasteiger partial charge >= 0.3 is 0 Å². The number of carbonyl (C=O) groups is 1. The topological polar surface area (TPSA) is 35.5 Å². The van der Waals surface area contributed by atoms with Gasteiger partial charge in [0.05, 0.1) is 14.2 Å². The fraction of sp³-hybridized carbons (Fsp3) is 0.118. The highest BCUT2D eigenvalue weighted by Crippen LogP contribution is 2.31. The number of allylic oxidation sites excluding steroid dienone is 1.